The molecule has 140 valence electrons. The van der Waals surface area contributed by atoms with Gasteiger partial charge >= 0.3 is 6.09 Å². The van der Waals surface area contributed by atoms with Crippen molar-refractivity contribution in [3.05, 3.63) is 48.0 Å². The average molecular weight is 359 g/mol. The molecule has 7 heteroatoms. The summed E-state index contributed by atoms with van der Waals surface area (Å²) in [6.07, 6.45) is 2.68. The smallest absolute Gasteiger partial charge is 0.409 e. The molecular weight excluding hydrogens is 334 g/mol. The molecule has 0 unspecified atom stereocenters. The molecule has 2 N–H and O–H groups in total. The van der Waals surface area contributed by atoms with Gasteiger partial charge in [-0.2, -0.15) is 0 Å². The largest absolute Gasteiger partial charge is 0.450 e. The molecule has 0 saturated carbocycles. The lowest BCUT2D eigenvalue weighted by Gasteiger charge is -2.31. The molecule has 1 aromatic rings. The lowest BCUT2D eigenvalue weighted by atomic mass is 10.0. The van der Waals surface area contributed by atoms with E-state index in [9.17, 15) is 14.4 Å². The standard InChI is InChI=1S/C19H25N3O4/c1-3-11-20-17(23)14-5-7-15(8-6-14)18(24)21-16-9-12-22(13-10-16)19(25)26-4-2/h3,5-8,16H,1,4,9-13H2,2H3,(H,20,23)(H,21,24). The van der Waals surface area contributed by atoms with Crippen molar-refractivity contribution in [1.82, 2.24) is 15.5 Å². The van der Waals surface area contributed by atoms with E-state index in [1.165, 1.54) is 0 Å². The molecule has 1 saturated heterocycles. The summed E-state index contributed by atoms with van der Waals surface area (Å²) < 4.78 is 4.98. The molecule has 2 rings (SSSR count). The van der Waals surface area contributed by atoms with Gasteiger partial charge in [0.05, 0.1) is 6.61 Å². The summed E-state index contributed by atoms with van der Waals surface area (Å²) in [5.41, 5.74) is 0.990. The number of nitrogens with one attached hydrogen (secondary N) is 2. The zero-order valence-corrected chi connectivity index (χ0v) is 15.0. The molecule has 1 aliphatic rings. The fraction of sp³-hybridized carbons (Fsp3) is 0.421. The van der Waals surface area contributed by atoms with Crippen LogP contribution in [0.2, 0.25) is 0 Å². The third-order valence-corrected chi connectivity index (χ3v) is 4.17. The Balaban J connectivity index is 1.84. The van der Waals surface area contributed by atoms with E-state index in [-0.39, 0.29) is 23.9 Å². The molecule has 0 aromatic heterocycles. The number of likely N-dealkylation sites (tertiary alicyclic amines) is 1. The predicted octanol–water partition coefficient (Wildman–Crippen LogP) is 1.95. The molecule has 1 heterocycles. The number of rotatable bonds is 6. The average Bonchev–Trinajstić information content (AvgIpc) is 2.67. The van der Waals surface area contributed by atoms with Gasteiger partial charge in [0.2, 0.25) is 0 Å². The Labute approximate surface area is 153 Å². The van der Waals surface area contributed by atoms with Gasteiger partial charge in [-0.25, -0.2) is 4.79 Å². The number of carbonyl (C=O) groups is 3. The zero-order valence-electron chi connectivity index (χ0n) is 15.0. The van der Waals surface area contributed by atoms with Crippen LogP contribution in [0.3, 0.4) is 0 Å². The number of ether oxygens (including phenoxy) is 1. The first-order chi connectivity index (χ1) is 12.5. The number of benzene rings is 1. The quantitative estimate of drug-likeness (QED) is 0.760. The first-order valence-electron chi connectivity index (χ1n) is 8.76. The Bertz CT molecular complexity index is 649. The van der Waals surface area contributed by atoms with Crippen LogP contribution in [0, 0.1) is 0 Å². The van der Waals surface area contributed by atoms with Gasteiger partial charge in [0.1, 0.15) is 0 Å². The minimum absolute atomic E-state index is 0.0174. The molecule has 0 atom stereocenters. The Morgan fingerprint density at radius 3 is 2.27 bits per heavy atom. The second kappa shape index (κ2) is 9.60. The van der Waals surface area contributed by atoms with E-state index >= 15 is 0 Å². The number of piperidine rings is 1. The van der Waals surface area contributed by atoms with Crippen LogP contribution in [-0.4, -0.2) is 55.1 Å². The van der Waals surface area contributed by atoms with Crippen molar-refractivity contribution >= 4 is 17.9 Å². The van der Waals surface area contributed by atoms with Gasteiger partial charge in [-0.05, 0) is 44.0 Å². The normalized spacial score (nSPS) is 14.4. The van der Waals surface area contributed by atoms with Gasteiger partial charge in [-0.3, -0.25) is 9.59 Å². The fourth-order valence-corrected chi connectivity index (χ4v) is 2.73. The molecule has 1 aliphatic heterocycles. The molecule has 0 aliphatic carbocycles. The van der Waals surface area contributed by atoms with Crippen LogP contribution < -0.4 is 10.6 Å². The van der Waals surface area contributed by atoms with Crippen molar-refractivity contribution in [3.63, 3.8) is 0 Å². The highest BCUT2D eigenvalue weighted by atomic mass is 16.6. The highest BCUT2D eigenvalue weighted by Crippen LogP contribution is 2.13. The molecule has 1 fully saturated rings. The summed E-state index contributed by atoms with van der Waals surface area (Å²) in [6, 6.07) is 6.52. The van der Waals surface area contributed by atoms with Gasteiger partial charge in [0.15, 0.2) is 0 Å². The summed E-state index contributed by atoms with van der Waals surface area (Å²) in [6.45, 7) is 7.20. The molecule has 0 radical (unpaired) electrons. The second-order valence-electron chi connectivity index (χ2n) is 6.01. The van der Waals surface area contributed by atoms with Crippen LogP contribution in [0.4, 0.5) is 4.79 Å². The molecule has 26 heavy (non-hydrogen) atoms. The van der Waals surface area contributed by atoms with Crippen LogP contribution in [0.25, 0.3) is 0 Å². The Hall–Kier alpha value is -2.83. The number of hydrogen-bond donors (Lipinski definition) is 2. The lowest BCUT2D eigenvalue weighted by molar-refractivity contribution is 0.0858. The molecule has 7 nitrogen and oxygen atoms in total. The summed E-state index contributed by atoms with van der Waals surface area (Å²) >= 11 is 0. The van der Waals surface area contributed by atoms with E-state index in [2.05, 4.69) is 17.2 Å². The first kappa shape index (κ1) is 19.5. The molecule has 0 spiro atoms. The van der Waals surface area contributed by atoms with E-state index in [0.29, 0.717) is 50.2 Å². The van der Waals surface area contributed by atoms with Crippen LogP contribution >= 0.6 is 0 Å². The maximum Gasteiger partial charge on any atom is 0.409 e. The SMILES string of the molecule is C=CCNC(=O)c1ccc(C(=O)NC2CCN(C(=O)OCC)CC2)cc1. The number of carbonyl (C=O) groups excluding carboxylic acids is 3. The maximum absolute atomic E-state index is 12.4. The first-order valence-corrected chi connectivity index (χ1v) is 8.76. The highest BCUT2D eigenvalue weighted by molar-refractivity contribution is 5.97. The van der Waals surface area contributed by atoms with Crippen LogP contribution in [0.5, 0.6) is 0 Å². The summed E-state index contributed by atoms with van der Waals surface area (Å²) in [4.78, 5) is 37.5. The van der Waals surface area contributed by atoms with Crippen molar-refractivity contribution in [2.45, 2.75) is 25.8 Å². The van der Waals surface area contributed by atoms with Gasteiger partial charge in [0, 0.05) is 36.8 Å². The number of amides is 3. The van der Waals surface area contributed by atoms with E-state index in [1.54, 1.807) is 42.2 Å². The topological polar surface area (TPSA) is 87.7 Å². The van der Waals surface area contributed by atoms with Crippen molar-refractivity contribution in [1.29, 1.82) is 0 Å². The number of hydrogen-bond acceptors (Lipinski definition) is 4. The van der Waals surface area contributed by atoms with Crippen LogP contribution in [0.1, 0.15) is 40.5 Å². The van der Waals surface area contributed by atoms with Crippen molar-refractivity contribution in [2.24, 2.45) is 0 Å². The van der Waals surface area contributed by atoms with Gasteiger partial charge in [-0.1, -0.05) is 6.08 Å². The van der Waals surface area contributed by atoms with E-state index in [1.807, 2.05) is 0 Å². The zero-order chi connectivity index (χ0) is 18.9. The van der Waals surface area contributed by atoms with Gasteiger partial charge in [0.25, 0.3) is 11.8 Å². The summed E-state index contributed by atoms with van der Waals surface area (Å²) in [7, 11) is 0. The van der Waals surface area contributed by atoms with Crippen molar-refractivity contribution in [3.8, 4) is 0 Å². The fourth-order valence-electron chi connectivity index (χ4n) is 2.73. The van der Waals surface area contributed by atoms with Crippen molar-refractivity contribution in [2.75, 3.05) is 26.2 Å². The van der Waals surface area contributed by atoms with E-state index in [4.69, 9.17) is 4.74 Å². The summed E-state index contributed by atoms with van der Waals surface area (Å²) in [5, 5.41) is 5.66. The van der Waals surface area contributed by atoms with Crippen LogP contribution in [-0.2, 0) is 4.74 Å². The van der Waals surface area contributed by atoms with Crippen LogP contribution in [0.15, 0.2) is 36.9 Å². The molecule has 0 bridgehead atoms. The Morgan fingerprint density at radius 2 is 1.73 bits per heavy atom. The lowest BCUT2D eigenvalue weighted by Crippen LogP contribution is -2.46. The monoisotopic (exact) mass is 359 g/mol. The highest BCUT2D eigenvalue weighted by Gasteiger charge is 2.24. The third kappa shape index (κ3) is 5.34. The van der Waals surface area contributed by atoms with E-state index < -0.39 is 0 Å². The second-order valence-corrected chi connectivity index (χ2v) is 6.01. The third-order valence-electron chi connectivity index (χ3n) is 4.17. The van der Waals surface area contributed by atoms with Crippen molar-refractivity contribution < 1.29 is 19.1 Å². The number of nitrogens with zero attached hydrogens (tertiary/aromatic N) is 1. The maximum atomic E-state index is 12.4. The molecule has 1 aromatic carbocycles. The van der Waals surface area contributed by atoms with E-state index in [0.717, 1.165) is 0 Å². The Kier molecular flexibility index (Phi) is 7.20. The van der Waals surface area contributed by atoms with Gasteiger partial charge < -0.3 is 20.3 Å². The minimum Gasteiger partial charge on any atom is -0.450 e. The molecular formula is C19H25N3O4. The summed E-state index contributed by atoms with van der Waals surface area (Å²) in [5.74, 6) is -0.388. The predicted molar refractivity (Wildman–Crippen MR) is 98.1 cm³/mol. The Morgan fingerprint density at radius 1 is 1.15 bits per heavy atom. The minimum atomic E-state index is -0.303. The molecule has 3 amide bonds. The van der Waals surface area contributed by atoms with Gasteiger partial charge in [-0.15, -0.1) is 6.58 Å².